The van der Waals surface area contributed by atoms with E-state index in [2.05, 4.69) is 48.7 Å². The monoisotopic (exact) mass is 246 g/mol. The van der Waals surface area contributed by atoms with Crippen molar-refractivity contribution in [1.29, 1.82) is 0 Å². The molecule has 2 rings (SSSR count). The number of hydrogen-bond acceptors (Lipinski definition) is 2. The topological polar surface area (TPSA) is 24.1 Å². The fourth-order valence-corrected chi connectivity index (χ4v) is 2.81. The smallest absolute Gasteiger partial charge is 0.0208 e. The molecule has 0 spiro atoms. The molecular weight excluding hydrogens is 220 g/mol. The first-order valence-corrected chi connectivity index (χ1v) is 7.34. The van der Waals surface area contributed by atoms with Gasteiger partial charge in [0.2, 0.25) is 0 Å². The van der Waals surface area contributed by atoms with Crippen LogP contribution in [0.5, 0.6) is 0 Å². The maximum Gasteiger partial charge on any atom is 0.0208 e. The van der Waals surface area contributed by atoms with E-state index in [0.717, 1.165) is 32.1 Å². The van der Waals surface area contributed by atoms with Crippen LogP contribution in [0.4, 0.5) is 0 Å². The van der Waals surface area contributed by atoms with Gasteiger partial charge in [0.15, 0.2) is 0 Å². The molecule has 18 heavy (non-hydrogen) atoms. The third-order valence-corrected chi connectivity index (χ3v) is 4.18. The molecule has 100 valence electrons. The molecule has 0 aromatic heterocycles. The normalized spacial score (nSPS) is 18.9. The summed E-state index contributed by atoms with van der Waals surface area (Å²) in [6.07, 6.45) is 2.56. The van der Waals surface area contributed by atoms with Crippen molar-refractivity contribution < 1.29 is 0 Å². The van der Waals surface area contributed by atoms with Crippen LogP contribution in [0.1, 0.15) is 43.7 Å². The highest BCUT2D eigenvalue weighted by atomic mass is 14.9. The fourth-order valence-electron chi connectivity index (χ4n) is 2.81. The van der Waals surface area contributed by atoms with Gasteiger partial charge in [-0.3, -0.25) is 0 Å². The second-order valence-corrected chi connectivity index (χ2v) is 5.37. The summed E-state index contributed by atoms with van der Waals surface area (Å²) in [5.41, 5.74) is 3.01. The summed E-state index contributed by atoms with van der Waals surface area (Å²) in [6, 6.07) is 8.84. The molecule has 0 saturated heterocycles. The van der Waals surface area contributed by atoms with Crippen molar-refractivity contribution in [3.05, 3.63) is 35.4 Å². The molecule has 0 amide bonds. The predicted octanol–water partition coefficient (Wildman–Crippen LogP) is 2.90. The zero-order valence-corrected chi connectivity index (χ0v) is 11.7. The van der Waals surface area contributed by atoms with Crippen LogP contribution in [-0.4, -0.2) is 19.6 Å². The number of nitrogens with one attached hydrogen (secondary N) is 2. The minimum Gasteiger partial charge on any atom is -0.316 e. The maximum atomic E-state index is 3.66. The fraction of sp³-hybridized carbons (Fsp3) is 0.625. The van der Waals surface area contributed by atoms with E-state index in [-0.39, 0.29) is 0 Å². The van der Waals surface area contributed by atoms with E-state index in [1.165, 1.54) is 24.0 Å². The average Bonchev–Trinajstić information content (AvgIpc) is 2.44. The summed E-state index contributed by atoms with van der Waals surface area (Å²) in [5, 5.41) is 7.18. The third kappa shape index (κ3) is 3.33. The molecule has 2 N–H and O–H groups in total. The van der Waals surface area contributed by atoms with Crippen LogP contribution < -0.4 is 10.6 Å². The van der Waals surface area contributed by atoms with Gasteiger partial charge in [-0.05, 0) is 23.6 Å². The van der Waals surface area contributed by atoms with Crippen molar-refractivity contribution >= 4 is 0 Å². The summed E-state index contributed by atoms with van der Waals surface area (Å²) >= 11 is 0. The molecule has 1 aliphatic rings. The first kappa shape index (κ1) is 13.6. The summed E-state index contributed by atoms with van der Waals surface area (Å²) in [5.74, 6) is 1.46. The largest absolute Gasteiger partial charge is 0.316 e. The molecule has 2 heteroatoms. The Balaban J connectivity index is 1.87. The Morgan fingerprint density at radius 3 is 2.83 bits per heavy atom. The van der Waals surface area contributed by atoms with Crippen LogP contribution in [0.2, 0.25) is 0 Å². The second-order valence-electron chi connectivity index (χ2n) is 5.37. The summed E-state index contributed by atoms with van der Waals surface area (Å²) in [4.78, 5) is 0. The highest BCUT2D eigenvalue weighted by Crippen LogP contribution is 2.23. The number of hydrogen-bond donors (Lipinski definition) is 2. The SMILES string of the molecule is CCC(CC)CNCC1CNCc2ccccc21. The molecule has 1 unspecified atom stereocenters. The molecule has 0 aliphatic carbocycles. The molecule has 2 nitrogen and oxygen atoms in total. The van der Waals surface area contributed by atoms with E-state index < -0.39 is 0 Å². The first-order chi connectivity index (χ1) is 8.85. The van der Waals surface area contributed by atoms with Gasteiger partial charge in [0.25, 0.3) is 0 Å². The summed E-state index contributed by atoms with van der Waals surface area (Å²) in [6.45, 7) is 8.96. The molecule has 0 radical (unpaired) electrons. The van der Waals surface area contributed by atoms with Crippen molar-refractivity contribution in [2.24, 2.45) is 5.92 Å². The lowest BCUT2D eigenvalue weighted by Crippen LogP contribution is -2.35. The standard InChI is InChI=1S/C16H26N2/c1-3-13(4-2)9-17-11-15-12-18-10-14-7-5-6-8-16(14)15/h5-8,13,15,17-18H,3-4,9-12H2,1-2H3. The predicted molar refractivity (Wildman–Crippen MR) is 77.8 cm³/mol. The van der Waals surface area contributed by atoms with Gasteiger partial charge < -0.3 is 10.6 Å². The Labute approximate surface area is 111 Å². The lowest BCUT2D eigenvalue weighted by atomic mass is 9.90. The van der Waals surface area contributed by atoms with Crippen molar-refractivity contribution in [2.75, 3.05) is 19.6 Å². The van der Waals surface area contributed by atoms with Gasteiger partial charge in [-0.2, -0.15) is 0 Å². The van der Waals surface area contributed by atoms with E-state index in [9.17, 15) is 0 Å². The molecule has 1 atom stereocenters. The van der Waals surface area contributed by atoms with Gasteiger partial charge in [0.05, 0.1) is 0 Å². The Morgan fingerprint density at radius 1 is 1.28 bits per heavy atom. The number of fused-ring (bicyclic) bond motifs is 1. The second kappa shape index (κ2) is 6.91. The van der Waals surface area contributed by atoms with Crippen molar-refractivity contribution in [1.82, 2.24) is 10.6 Å². The van der Waals surface area contributed by atoms with Crippen molar-refractivity contribution in [2.45, 2.75) is 39.2 Å². The quantitative estimate of drug-likeness (QED) is 0.806. The Kier molecular flexibility index (Phi) is 5.21. The van der Waals surface area contributed by atoms with Crippen LogP contribution in [-0.2, 0) is 6.54 Å². The van der Waals surface area contributed by atoms with E-state index in [0.29, 0.717) is 5.92 Å². The molecular formula is C16H26N2. The number of rotatable bonds is 6. The van der Waals surface area contributed by atoms with Crippen LogP contribution in [0.3, 0.4) is 0 Å². The van der Waals surface area contributed by atoms with Gasteiger partial charge in [-0.1, -0.05) is 51.0 Å². The molecule has 0 saturated carbocycles. The van der Waals surface area contributed by atoms with E-state index >= 15 is 0 Å². The first-order valence-electron chi connectivity index (χ1n) is 7.34. The minimum absolute atomic E-state index is 0.629. The lowest BCUT2D eigenvalue weighted by molar-refractivity contribution is 0.426. The van der Waals surface area contributed by atoms with Gasteiger partial charge >= 0.3 is 0 Å². The van der Waals surface area contributed by atoms with E-state index in [1.807, 2.05) is 0 Å². The molecule has 0 fully saturated rings. The van der Waals surface area contributed by atoms with Gasteiger partial charge in [-0.15, -0.1) is 0 Å². The number of benzene rings is 1. The van der Waals surface area contributed by atoms with Crippen LogP contribution in [0, 0.1) is 5.92 Å². The minimum atomic E-state index is 0.629. The summed E-state index contributed by atoms with van der Waals surface area (Å²) in [7, 11) is 0. The van der Waals surface area contributed by atoms with E-state index in [4.69, 9.17) is 0 Å². The zero-order valence-electron chi connectivity index (χ0n) is 11.7. The Bertz CT molecular complexity index is 358. The molecule has 1 aromatic carbocycles. The maximum absolute atomic E-state index is 3.66. The molecule has 1 aliphatic heterocycles. The average molecular weight is 246 g/mol. The van der Waals surface area contributed by atoms with Gasteiger partial charge in [0.1, 0.15) is 0 Å². The Hall–Kier alpha value is -0.860. The molecule has 1 aromatic rings. The van der Waals surface area contributed by atoms with Crippen molar-refractivity contribution in [3.8, 4) is 0 Å². The van der Waals surface area contributed by atoms with Crippen LogP contribution >= 0.6 is 0 Å². The molecule has 1 heterocycles. The zero-order chi connectivity index (χ0) is 12.8. The Morgan fingerprint density at radius 2 is 2.06 bits per heavy atom. The third-order valence-electron chi connectivity index (χ3n) is 4.18. The van der Waals surface area contributed by atoms with Gasteiger partial charge in [0, 0.05) is 25.6 Å². The highest BCUT2D eigenvalue weighted by Gasteiger charge is 2.18. The van der Waals surface area contributed by atoms with Gasteiger partial charge in [-0.25, -0.2) is 0 Å². The van der Waals surface area contributed by atoms with Crippen LogP contribution in [0.25, 0.3) is 0 Å². The van der Waals surface area contributed by atoms with Crippen molar-refractivity contribution in [3.63, 3.8) is 0 Å². The lowest BCUT2D eigenvalue weighted by Gasteiger charge is -2.27. The van der Waals surface area contributed by atoms with E-state index in [1.54, 1.807) is 0 Å². The highest BCUT2D eigenvalue weighted by molar-refractivity contribution is 5.32. The summed E-state index contributed by atoms with van der Waals surface area (Å²) < 4.78 is 0. The van der Waals surface area contributed by atoms with Crippen LogP contribution in [0.15, 0.2) is 24.3 Å². The molecule has 0 bridgehead atoms.